The molecule has 2 fully saturated rings. The van der Waals surface area contributed by atoms with Crippen molar-refractivity contribution < 1.29 is 0 Å². The average Bonchev–Trinajstić information content (AvgIpc) is 2.78. The molecule has 0 atom stereocenters. The molecule has 3 aliphatic rings. The highest BCUT2D eigenvalue weighted by molar-refractivity contribution is 5.69. The molecule has 0 aromatic heterocycles. The van der Waals surface area contributed by atoms with E-state index in [0.29, 0.717) is 5.41 Å². The van der Waals surface area contributed by atoms with Gasteiger partial charge in [-0.2, -0.15) is 0 Å². The zero-order valence-corrected chi connectivity index (χ0v) is 21.0. The van der Waals surface area contributed by atoms with Gasteiger partial charge in [0.1, 0.15) is 0 Å². The molecule has 0 radical (unpaired) electrons. The summed E-state index contributed by atoms with van der Waals surface area (Å²) in [5.74, 6) is 2.97. The maximum atomic E-state index is 6.07. The van der Waals surface area contributed by atoms with Gasteiger partial charge in [0, 0.05) is 5.69 Å². The third kappa shape index (κ3) is 5.08. The lowest BCUT2D eigenvalue weighted by Gasteiger charge is -2.46. The van der Waals surface area contributed by atoms with Gasteiger partial charge in [-0.05, 0) is 140 Å². The quantitative estimate of drug-likeness (QED) is 0.474. The van der Waals surface area contributed by atoms with Crippen LogP contribution in [0.3, 0.4) is 0 Å². The van der Waals surface area contributed by atoms with Crippen LogP contribution in [0.15, 0.2) is 43.0 Å². The maximum absolute atomic E-state index is 6.07. The van der Waals surface area contributed by atoms with Gasteiger partial charge in [0.15, 0.2) is 0 Å². The van der Waals surface area contributed by atoms with Gasteiger partial charge in [-0.25, -0.2) is 0 Å². The fraction of sp³-hybridized carbons (Fsp3) is 0.562. The van der Waals surface area contributed by atoms with E-state index in [0.717, 1.165) is 36.3 Å². The number of nitrogen functional groups attached to an aromatic ring is 1. The fourth-order valence-corrected chi connectivity index (χ4v) is 7.47. The van der Waals surface area contributed by atoms with E-state index in [1.165, 1.54) is 92.0 Å². The van der Waals surface area contributed by atoms with E-state index < -0.39 is 0 Å². The Morgan fingerprint density at radius 1 is 0.848 bits per heavy atom. The monoisotopic (exact) mass is 441 g/mol. The number of nitrogens with two attached hydrogens (primary N) is 1. The second kappa shape index (κ2) is 9.32. The third-order valence-corrected chi connectivity index (χ3v) is 9.38. The lowest BCUT2D eigenvalue weighted by Crippen LogP contribution is -2.35. The summed E-state index contributed by atoms with van der Waals surface area (Å²) in [4.78, 5) is 0. The molecule has 1 nitrogen and oxygen atoms in total. The van der Waals surface area contributed by atoms with Gasteiger partial charge in [0.25, 0.3) is 0 Å². The van der Waals surface area contributed by atoms with Crippen molar-refractivity contribution in [2.45, 2.75) is 90.9 Å². The van der Waals surface area contributed by atoms with Gasteiger partial charge < -0.3 is 5.73 Å². The summed E-state index contributed by atoms with van der Waals surface area (Å²) < 4.78 is 0. The first-order valence-corrected chi connectivity index (χ1v) is 13.6. The molecule has 33 heavy (non-hydrogen) atoms. The SMILES string of the molecule is C=C1CC2(CCC(C3CCC(C)CC3)CC2)Cc2cc(CCc3cc(C)cc(N)c3)ccc21. The molecule has 2 saturated carbocycles. The Bertz CT molecular complexity index is 979. The summed E-state index contributed by atoms with van der Waals surface area (Å²) in [7, 11) is 0. The van der Waals surface area contributed by atoms with E-state index in [1.54, 1.807) is 5.56 Å². The highest BCUT2D eigenvalue weighted by Gasteiger charge is 2.41. The molecule has 0 bridgehead atoms. The Labute approximate surface area is 201 Å². The van der Waals surface area contributed by atoms with Crippen LogP contribution in [0.4, 0.5) is 5.69 Å². The number of aryl methyl sites for hydroxylation is 3. The van der Waals surface area contributed by atoms with Gasteiger partial charge in [0.05, 0.1) is 0 Å². The molecule has 1 heteroatoms. The summed E-state index contributed by atoms with van der Waals surface area (Å²) in [5.41, 5.74) is 15.9. The standard InChI is InChI=1S/C32H43N/c1-22-4-9-27(10-5-22)28-12-14-32(15-13-28)20-24(3)31-11-8-25(18-29(31)21-32)6-7-26-16-23(2)17-30(33)19-26/h8,11,16-19,22,27-28H,3-7,9-10,12-15,20-21,33H2,1-2H3. The molecule has 2 aromatic carbocycles. The summed E-state index contributed by atoms with van der Waals surface area (Å²) >= 11 is 0. The first-order valence-electron chi connectivity index (χ1n) is 13.6. The molecular weight excluding hydrogens is 398 g/mol. The fourth-order valence-electron chi connectivity index (χ4n) is 7.47. The van der Waals surface area contributed by atoms with Crippen LogP contribution in [0.25, 0.3) is 5.57 Å². The first kappa shape index (κ1) is 22.8. The van der Waals surface area contributed by atoms with Gasteiger partial charge in [-0.1, -0.05) is 50.6 Å². The Morgan fingerprint density at radius 3 is 2.27 bits per heavy atom. The van der Waals surface area contributed by atoms with E-state index >= 15 is 0 Å². The molecule has 3 aliphatic carbocycles. The number of anilines is 1. The summed E-state index contributed by atoms with van der Waals surface area (Å²) in [6.45, 7) is 9.13. The van der Waals surface area contributed by atoms with Gasteiger partial charge >= 0.3 is 0 Å². The number of hydrogen-bond donors (Lipinski definition) is 1. The summed E-state index contributed by atoms with van der Waals surface area (Å²) in [5, 5.41) is 0. The van der Waals surface area contributed by atoms with Crippen LogP contribution in [0.1, 0.15) is 92.5 Å². The normalized spacial score (nSPS) is 29.8. The zero-order valence-electron chi connectivity index (χ0n) is 21.0. The van der Waals surface area contributed by atoms with E-state index in [2.05, 4.69) is 56.8 Å². The van der Waals surface area contributed by atoms with E-state index in [1.807, 2.05) is 0 Å². The zero-order chi connectivity index (χ0) is 23.0. The first-order chi connectivity index (χ1) is 15.9. The molecule has 0 aliphatic heterocycles. The van der Waals surface area contributed by atoms with E-state index in [-0.39, 0.29) is 0 Å². The Kier molecular flexibility index (Phi) is 6.43. The van der Waals surface area contributed by atoms with Crippen LogP contribution in [0.2, 0.25) is 0 Å². The van der Waals surface area contributed by atoms with Crippen LogP contribution in [0, 0.1) is 30.1 Å². The minimum atomic E-state index is 0.478. The third-order valence-electron chi connectivity index (χ3n) is 9.38. The Morgan fingerprint density at radius 2 is 1.55 bits per heavy atom. The number of hydrogen-bond acceptors (Lipinski definition) is 1. The van der Waals surface area contributed by atoms with Crippen molar-refractivity contribution in [3.8, 4) is 0 Å². The molecule has 176 valence electrons. The van der Waals surface area contributed by atoms with E-state index in [9.17, 15) is 0 Å². The topological polar surface area (TPSA) is 26.0 Å². The van der Waals surface area contributed by atoms with Crippen LogP contribution >= 0.6 is 0 Å². The van der Waals surface area contributed by atoms with E-state index in [4.69, 9.17) is 5.73 Å². The molecular formula is C32H43N. The number of fused-ring (bicyclic) bond motifs is 1. The molecule has 2 N–H and O–H groups in total. The lowest BCUT2D eigenvalue weighted by molar-refractivity contribution is 0.0952. The maximum Gasteiger partial charge on any atom is 0.0319 e. The molecule has 0 saturated heterocycles. The van der Waals surface area contributed by atoms with Crippen molar-refractivity contribution in [1.82, 2.24) is 0 Å². The summed E-state index contributed by atoms with van der Waals surface area (Å²) in [6.07, 6.45) is 16.3. The van der Waals surface area contributed by atoms with Crippen molar-refractivity contribution >= 4 is 11.3 Å². The number of benzene rings is 2. The summed E-state index contributed by atoms with van der Waals surface area (Å²) in [6, 6.07) is 13.7. The Hall–Kier alpha value is -2.02. The number of rotatable bonds is 4. The predicted molar refractivity (Wildman–Crippen MR) is 142 cm³/mol. The van der Waals surface area contributed by atoms with Crippen LogP contribution in [-0.4, -0.2) is 0 Å². The van der Waals surface area contributed by atoms with Crippen molar-refractivity contribution in [2.24, 2.45) is 23.2 Å². The highest BCUT2D eigenvalue weighted by Crippen LogP contribution is 2.53. The molecule has 0 heterocycles. The Balaban J connectivity index is 1.25. The second-order valence-electron chi connectivity index (χ2n) is 12.1. The van der Waals surface area contributed by atoms with Gasteiger partial charge in [-0.3, -0.25) is 0 Å². The van der Waals surface area contributed by atoms with Crippen LogP contribution < -0.4 is 5.73 Å². The largest absolute Gasteiger partial charge is 0.399 e. The van der Waals surface area contributed by atoms with Crippen molar-refractivity contribution in [3.63, 3.8) is 0 Å². The molecule has 0 unspecified atom stereocenters. The second-order valence-corrected chi connectivity index (χ2v) is 12.1. The van der Waals surface area contributed by atoms with Gasteiger partial charge in [-0.15, -0.1) is 0 Å². The molecule has 2 aromatic rings. The van der Waals surface area contributed by atoms with Crippen molar-refractivity contribution in [3.05, 3.63) is 70.8 Å². The molecule has 0 amide bonds. The lowest BCUT2D eigenvalue weighted by atomic mass is 9.58. The minimum absolute atomic E-state index is 0.478. The van der Waals surface area contributed by atoms with Gasteiger partial charge in [0.2, 0.25) is 0 Å². The minimum Gasteiger partial charge on any atom is -0.399 e. The highest BCUT2D eigenvalue weighted by atomic mass is 14.5. The van der Waals surface area contributed by atoms with Crippen molar-refractivity contribution in [2.75, 3.05) is 5.73 Å². The molecule has 5 rings (SSSR count). The van der Waals surface area contributed by atoms with Crippen molar-refractivity contribution in [1.29, 1.82) is 0 Å². The average molecular weight is 442 g/mol. The van der Waals surface area contributed by atoms with Crippen LogP contribution in [0.5, 0.6) is 0 Å². The van der Waals surface area contributed by atoms with Crippen LogP contribution in [-0.2, 0) is 19.3 Å². The smallest absolute Gasteiger partial charge is 0.0319 e. The molecule has 1 spiro atoms. The predicted octanol–water partition coefficient (Wildman–Crippen LogP) is 8.32. The number of allylic oxidation sites excluding steroid dienone is 1.